The molecule has 2 heterocycles. The second-order valence-electron chi connectivity index (χ2n) is 5.52. The molecule has 0 aromatic heterocycles. The van der Waals surface area contributed by atoms with Crippen molar-refractivity contribution in [2.24, 2.45) is 0 Å². The maximum Gasteiger partial charge on any atom is 0.231 e. The minimum atomic E-state index is 0.324. The molecule has 4 nitrogen and oxygen atoms in total. The van der Waals surface area contributed by atoms with Gasteiger partial charge in [0.2, 0.25) is 6.79 Å². The van der Waals surface area contributed by atoms with Gasteiger partial charge < -0.3 is 14.8 Å². The Morgan fingerprint density at radius 3 is 2.70 bits per heavy atom. The summed E-state index contributed by atoms with van der Waals surface area (Å²) in [5.74, 6) is 1.67. The van der Waals surface area contributed by atoms with Crippen LogP contribution < -0.4 is 14.8 Å². The number of halogens is 1. The first-order valence-corrected chi connectivity index (χ1v) is 8.06. The molecule has 5 heteroatoms. The second kappa shape index (κ2) is 6.33. The van der Waals surface area contributed by atoms with E-state index in [-0.39, 0.29) is 0 Å². The Kier molecular flexibility index (Phi) is 4.48. The van der Waals surface area contributed by atoms with Gasteiger partial charge in [0.25, 0.3) is 0 Å². The van der Waals surface area contributed by atoms with Gasteiger partial charge in [0.15, 0.2) is 11.5 Å². The van der Waals surface area contributed by atoms with E-state index in [4.69, 9.17) is 9.47 Å². The fourth-order valence-corrected chi connectivity index (χ4v) is 3.28. The number of fused-ring (bicyclic) bond motifs is 1. The van der Waals surface area contributed by atoms with Gasteiger partial charge in [-0.1, -0.05) is 15.9 Å². The highest BCUT2D eigenvalue weighted by molar-refractivity contribution is 9.10. The summed E-state index contributed by atoms with van der Waals surface area (Å²) in [5, 5.41) is 3.54. The molecule has 2 aliphatic heterocycles. The van der Waals surface area contributed by atoms with Crippen molar-refractivity contribution in [1.29, 1.82) is 0 Å². The normalized spacial score (nSPS) is 19.5. The molecule has 1 unspecified atom stereocenters. The third-order valence-corrected chi connectivity index (χ3v) is 4.80. The van der Waals surface area contributed by atoms with E-state index in [0.29, 0.717) is 12.8 Å². The molecule has 1 fully saturated rings. The lowest BCUT2D eigenvalue weighted by Crippen LogP contribution is -2.38. The molecular formula is C15H21BrN2O2. The number of hydrogen-bond acceptors (Lipinski definition) is 4. The number of ether oxygens (including phenoxy) is 2. The van der Waals surface area contributed by atoms with Crippen LogP contribution in [0.4, 0.5) is 0 Å². The van der Waals surface area contributed by atoms with Crippen molar-refractivity contribution in [2.75, 3.05) is 26.4 Å². The van der Waals surface area contributed by atoms with Crippen LogP contribution in [0.15, 0.2) is 16.6 Å². The molecule has 1 N–H and O–H groups in total. The molecule has 0 bridgehead atoms. The molecule has 2 aliphatic rings. The maximum absolute atomic E-state index is 5.42. The summed E-state index contributed by atoms with van der Waals surface area (Å²) < 4.78 is 11.9. The number of hydrogen-bond donors (Lipinski definition) is 1. The summed E-state index contributed by atoms with van der Waals surface area (Å²) in [6.07, 6.45) is 2.69. The van der Waals surface area contributed by atoms with Gasteiger partial charge in [-0.3, -0.25) is 4.90 Å². The molecule has 0 saturated carbocycles. The first-order chi connectivity index (χ1) is 9.74. The zero-order chi connectivity index (χ0) is 13.9. The van der Waals surface area contributed by atoms with Gasteiger partial charge in [-0.2, -0.15) is 0 Å². The molecule has 0 amide bonds. The fourth-order valence-electron chi connectivity index (χ4n) is 2.82. The third-order valence-electron chi connectivity index (χ3n) is 4.06. The largest absolute Gasteiger partial charge is 0.454 e. The standard InChI is InChI=1S/C15H21BrN2O2/c1-11(18-4-2-3-5-18)8-17-9-12-6-14-15(7-13(12)16)20-10-19-14/h6-7,11,17H,2-5,8-10H2,1H3. The van der Waals surface area contributed by atoms with Gasteiger partial charge >= 0.3 is 0 Å². The fraction of sp³-hybridized carbons (Fsp3) is 0.600. The van der Waals surface area contributed by atoms with E-state index in [1.807, 2.05) is 6.07 Å². The molecule has 20 heavy (non-hydrogen) atoms. The Labute approximate surface area is 128 Å². The summed E-state index contributed by atoms with van der Waals surface area (Å²) in [6.45, 7) is 6.97. The van der Waals surface area contributed by atoms with Crippen LogP contribution in [-0.4, -0.2) is 37.4 Å². The van der Waals surface area contributed by atoms with Crippen LogP contribution in [0.1, 0.15) is 25.3 Å². The molecule has 0 radical (unpaired) electrons. The van der Waals surface area contributed by atoms with Crippen LogP contribution >= 0.6 is 15.9 Å². The zero-order valence-electron chi connectivity index (χ0n) is 11.8. The molecule has 1 atom stereocenters. The van der Waals surface area contributed by atoms with Gasteiger partial charge in [0.1, 0.15) is 0 Å². The van der Waals surface area contributed by atoms with E-state index < -0.39 is 0 Å². The van der Waals surface area contributed by atoms with Crippen LogP contribution in [0.2, 0.25) is 0 Å². The Bertz CT molecular complexity index is 475. The quantitative estimate of drug-likeness (QED) is 0.893. The van der Waals surface area contributed by atoms with E-state index in [1.54, 1.807) is 0 Å². The number of benzene rings is 1. The monoisotopic (exact) mass is 340 g/mol. The Morgan fingerprint density at radius 1 is 1.25 bits per heavy atom. The van der Waals surface area contributed by atoms with Gasteiger partial charge in [-0.25, -0.2) is 0 Å². The van der Waals surface area contributed by atoms with Crippen molar-refractivity contribution in [3.05, 3.63) is 22.2 Å². The zero-order valence-corrected chi connectivity index (χ0v) is 13.4. The molecule has 0 spiro atoms. The Balaban J connectivity index is 1.53. The summed E-state index contributed by atoms with van der Waals surface area (Å²) in [6, 6.07) is 4.65. The highest BCUT2D eigenvalue weighted by Gasteiger charge is 2.18. The Hall–Kier alpha value is -0.780. The van der Waals surface area contributed by atoms with Crippen molar-refractivity contribution in [2.45, 2.75) is 32.4 Å². The highest BCUT2D eigenvalue weighted by Crippen LogP contribution is 2.36. The minimum Gasteiger partial charge on any atom is -0.454 e. The van der Waals surface area contributed by atoms with Gasteiger partial charge in [-0.05, 0) is 50.6 Å². The lowest BCUT2D eigenvalue weighted by atomic mass is 10.2. The molecular weight excluding hydrogens is 320 g/mol. The Morgan fingerprint density at radius 2 is 1.95 bits per heavy atom. The minimum absolute atomic E-state index is 0.324. The summed E-state index contributed by atoms with van der Waals surface area (Å²) in [4.78, 5) is 2.56. The van der Waals surface area contributed by atoms with Gasteiger partial charge in [0.05, 0.1) is 0 Å². The number of nitrogens with one attached hydrogen (secondary N) is 1. The predicted molar refractivity (Wildman–Crippen MR) is 82.2 cm³/mol. The number of nitrogens with zero attached hydrogens (tertiary/aromatic N) is 1. The van der Waals surface area contributed by atoms with Crippen LogP contribution in [0.5, 0.6) is 11.5 Å². The number of rotatable bonds is 5. The van der Waals surface area contributed by atoms with Gasteiger partial charge in [0, 0.05) is 23.6 Å². The van der Waals surface area contributed by atoms with Crippen molar-refractivity contribution in [3.8, 4) is 11.5 Å². The van der Waals surface area contributed by atoms with E-state index in [1.165, 1.54) is 31.5 Å². The first-order valence-electron chi connectivity index (χ1n) is 7.27. The summed E-state index contributed by atoms with van der Waals surface area (Å²) >= 11 is 3.60. The lowest BCUT2D eigenvalue weighted by Gasteiger charge is -2.24. The van der Waals surface area contributed by atoms with E-state index in [2.05, 4.69) is 39.1 Å². The lowest BCUT2D eigenvalue weighted by molar-refractivity contribution is 0.174. The molecule has 0 aliphatic carbocycles. The topological polar surface area (TPSA) is 33.7 Å². The van der Waals surface area contributed by atoms with Gasteiger partial charge in [-0.15, -0.1) is 0 Å². The van der Waals surface area contributed by atoms with Crippen molar-refractivity contribution < 1.29 is 9.47 Å². The van der Waals surface area contributed by atoms with E-state index in [9.17, 15) is 0 Å². The molecule has 1 aromatic rings. The van der Waals surface area contributed by atoms with E-state index >= 15 is 0 Å². The van der Waals surface area contributed by atoms with Crippen LogP contribution in [0, 0.1) is 0 Å². The van der Waals surface area contributed by atoms with Crippen molar-refractivity contribution in [3.63, 3.8) is 0 Å². The average molecular weight is 341 g/mol. The third kappa shape index (κ3) is 3.10. The highest BCUT2D eigenvalue weighted by atomic mass is 79.9. The van der Waals surface area contributed by atoms with Crippen LogP contribution in [0.3, 0.4) is 0 Å². The molecule has 1 aromatic carbocycles. The summed E-state index contributed by atoms with van der Waals surface area (Å²) in [5.41, 5.74) is 1.21. The first kappa shape index (κ1) is 14.2. The molecule has 1 saturated heterocycles. The average Bonchev–Trinajstić information content (AvgIpc) is 3.08. The summed E-state index contributed by atoms with van der Waals surface area (Å²) in [7, 11) is 0. The van der Waals surface area contributed by atoms with Crippen LogP contribution in [0.25, 0.3) is 0 Å². The smallest absolute Gasteiger partial charge is 0.231 e. The molecule has 110 valence electrons. The second-order valence-corrected chi connectivity index (χ2v) is 6.37. The number of likely N-dealkylation sites (tertiary alicyclic amines) is 1. The van der Waals surface area contributed by atoms with Crippen molar-refractivity contribution in [1.82, 2.24) is 10.2 Å². The predicted octanol–water partition coefficient (Wildman–Crippen LogP) is 2.75. The SMILES string of the molecule is CC(CNCc1cc2c(cc1Br)OCO2)N1CCCC1. The van der Waals surface area contributed by atoms with E-state index in [0.717, 1.165) is 29.1 Å². The van der Waals surface area contributed by atoms with Crippen LogP contribution in [-0.2, 0) is 6.54 Å². The molecule has 3 rings (SSSR count). The van der Waals surface area contributed by atoms with Crippen molar-refractivity contribution >= 4 is 15.9 Å². The maximum atomic E-state index is 5.42.